The smallest absolute Gasteiger partial charge is 0.138 e. The van der Waals surface area contributed by atoms with Gasteiger partial charge in [0.2, 0.25) is 0 Å². The molecule has 10 rings (SSSR count). The number of benzene rings is 6. The molecular weight excluding hydrogens is 577 g/mol. The van der Waals surface area contributed by atoms with Crippen LogP contribution in [0.5, 0.6) is 0 Å². The lowest BCUT2D eigenvalue weighted by Crippen LogP contribution is -2.01. The molecule has 0 bridgehead atoms. The first-order valence-corrected chi connectivity index (χ1v) is 16.8. The van der Waals surface area contributed by atoms with Crippen molar-refractivity contribution in [2.45, 2.75) is 17.7 Å². The Hall–Kier alpha value is -5.38. The third-order valence-electron chi connectivity index (χ3n) is 9.66. The van der Waals surface area contributed by atoms with Gasteiger partial charge in [-0.15, -0.1) is 0 Å². The zero-order valence-corrected chi connectivity index (χ0v) is 25.9. The van der Waals surface area contributed by atoms with Gasteiger partial charge in [-0.2, -0.15) is 0 Å². The first kappa shape index (κ1) is 25.9. The quantitative estimate of drug-likeness (QED) is 0.195. The highest BCUT2D eigenvalue weighted by Gasteiger charge is 2.27. The monoisotopic (exact) mass is 604 g/mol. The molecule has 0 spiro atoms. The van der Waals surface area contributed by atoms with Gasteiger partial charge >= 0.3 is 0 Å². The number of para-hydroxylation sites is 2. The van der Waals surface area contributed by atoms with Crippen LogP contribution in [-0.2, 0) is 0 Å². The van der Waals surface area contributed by atoms with Crippen molar-refractivity contribution < 1.29 is 0 Å². The number of allylic oxidation sites excluding steroid dienone is 4. The predicted octanol–water partition coefficient (Wildman–Crippen LogP) is 12.0. The molecule has 0 radical (unpaired) electrons. The number of hydrogen-bond donors (Lipinski definition) is 0. The molecule has 0 N–H and O–H groups in total. The highest BCUT2D eigenvalue weighted by molar-refractivity contribution is 8.03. The normalized spacial score (nSPS) is 14.1. The van der Waals surface area contributed by atoms with E-state index in [-0.39, 0.29) is 0 Å². The van der Waals surface area contributed by atoms with Gasteiger partial charge in [-0.25, -0.2) is 4.98 Å². The van der Waals surface area contributed by atoms with Gasteiger partial charge in [0.25, 0.3) is 0 Å². The van der Waals surface area contributed by atoms with Crippen LogP contribution in [0.15, 0.2) is 155 Å². The van der Waals surface area contributed by atoms with E-state index in [0.717, 1.165) is 29.6 Å². The van der Waals surface area contributed by atoms with Gasteiger partial charge in [-0.05, 0) is 80.1 Å². The number of hydrogen-bond acceptors (Lipinski definition) is 2. The van der Waals surface area contributed by atoms with E-state index in [1.165, 1.54) is 75.8 Å². The van der Waals surface area contributed by atoms with Crippen LogP contribution in [0.1, 0.15) is 18.4 Å². The molecule has 0 fully saturated rings. The lowest BCUT2D eigenvalue weighted by Gasteiger charge is -2.17. The van der Waals surface area contributed by atoms with Crippen LogP contribution in [0.4, 0.5) is 0 Å². The Morgan fingerprint density at radius 3 is 2.24 bits per heavy atom. The SMILES string of the molecule is C1=CC2=C(CC1)Sc1c(ccc3c4ccccc4n(-c4cc(-c5cccc6ccccc56)c5ccccc5n4)c13)-c1ccccc12. The van der Waals surface area contributed by atoms with Crippen LogP contribution < -0.4 is 0 Å². The van der Waals surface area contributed by atoms with Crippen LogP contribution in [0.3, 0.4) is 0 Å². The van der Waals surface area contributed by atoms with Crippen molar-refractivity contribution in [3.63, 3.8) is 0 Å². The molecule has 2 aliphatic rings. The van der Waals surface area contributed by atoms with Gasteiger partial charge in [0.05, 0.1) is 16.6 Å². The number of fused-ring (bicyclic) bond motifs is 10. The van der Waals surface area contributed by atoms with Crippen LogP contribution in [0.2, 0.25) is 0 Å². The van der Waals surface area contributed by atoms with E-state index in [2.05, 4.69) is 150 Å². The van der Waals surface area contributed by atoms with Gasteiger partial charge in [0, 0.05) is 21.1 Å². The first-order valence-electron chi connectivity index (χ1n) is 16.0. The Bertz CT molecular complexity index is 2610. The Morgan fingerprint density at radius 1 is 0.565 bits per heavy atom. The minimum absolute atomic E-state index is 0.942. The Balaban J connectivity index is 1.34. The summed E-state index contributed by atoms with van der Waals surface area (Å²) < 4.78 is 2.43. The number of rotatable bonds is 2. The van der Waals surface area contributed by atoms with Gasteiger partial charge in [-0.3, -0.25) is 4.57 Å². The number of nitrogens with zero attached hydrogens (tertiary/aromatic N) is 2. The summed E-state index contributed by atoms with van der Waals surface area (Å²) in [5.41, 5.74) is 11.1. The summed E-state index contributed by atoms with van der Waals surface area (Å²) >= 11 is 1.96. The van der Waals surface area contributed by atoms with E-state index in [9.17, 15) is 0 Å². The van der Waals surface area contributed by atoms with Gasteiger partial charge < -0.3 is 0 Å². The number of thioether (sulfide) groups is 1. The van der Waals surface area contributed by atoms with Crippen LogP contribution in [0, 0.1) is 0 Å². The molecular formula is C43H28N2S. The molecule has 6 aromatic carbocycles. The Labute approximate surface area is 271 Å². The number of aromatic nitrogens is 2. The fourth-order valence-corrected chi connectivity index (χ4v) is 8.95. The minimum Gasteiger partial charge on any atom is -0.293 e. The van der Waals surface area contributed by atoms with Crippen LogP contribution in [-0.4, -0.2) is 9.55 Å². The average Bonchev–Trinajstić information content (AvgIpc) is 3.38. The van der Waals surface area contributed by atoms with E-state index in [1.54, 1.807) is 0 Å². The maximum atomic E-state index is 5.41. The van der Waals surface area contributed by atoms with Crippen molar-refractivity contribution in [3.8, 4) is 28.1 Å². The highest BCUT2D eigenvalue weighted by Crippen LogP contribution is 2.52. The van der Waals surface area contributed by atoms with Crippen molar-refractivity contribution in [1.82, 2.24) is 9.55 Å². The molecule has 46 heavy (non-hydrogen) atoms. The van der Waals surface area contributed by atoms with E-state index in [4.69, 9.17) is 4.98 Å². The third-order valence-corrected chi connectivity index (χ3v) is 10.9. The molecule has 3 heterocycles. The highest BCUT2D eigenvalue weighted by atomic mass is 32.2. The fourth-order valence-electron chi connectivity index (χ4n) is 7.61. The summed E-state index contributed by atoms with van der Waals surface area (Å²) in [6.45, 7) is 0. The summed E-state index contributed by atoms with van der Waals surface area (Å²) in [5.74, 6) is 0.942. The molecule has 0 atom stereocenters. The van der Waals surface area contributed by atoms with Crippen molar-refractivity contribution in [2.24, 2.45) is 0 Å². The zero-order valence-electron chi connectivity index (χ0n) is 25.1. The standard InChI is InChI=1S/C43H28N2S/c1-2-14-28-27(12-1)13-11-20-29(28)37-26-41(44-38-21-8-5-17-32(37)38)45-39-22-9-6-18-33(39)35-24-25-36-31-16-4-3-15-30(31)34-19-7-10-23-40(34)46-43(36)42(35)45/h1-9,11-22,24-26H,10,23H2. The lowest BCUT2D eigenvalue weighted by molar-refractivity contribution is 1.02. The third kappa shape index (κ3) is 3.76. The molecule has 2 nitrogen and oxygen atoms in total. The molecule has 0 unspecified atom stereocenters. The zero-order chi connectivity index (χ0) is 30.2. The molecule has 0 amide bonds. The summed E-state index contributed by atoms with van der Waals surface area (Å²) in [4.78, 5) is 8.17. The van der Waals surface area contributed by atoms with Gasteiger partial charge in [0.1, 0.15) is 5.82 Å². The van der Waals surface area contributed by atoms with E-state index in [0.29, 0.717) is 0 Å². The van der Waals surface area contributed by atoms with E-state index < -0.39 is 0 Å². The van der Waals surface area contributed by atoms with Crippen LogP contribution >= 0.6 is 11.8 Å². The second-order valence-corrected chi connectivity index (χ2v) is 13.3. The minimum atomic E-state index is 0.942. The second-order valence-electron chi connectivity index (χ2n) is 12.2. The summed E-state index contributed by atoms with van der Waals surface area (Å²) in [6, 6.07) is 48.6. The molecule has 3 heteroatoms. The van der Waals surface area contributed by atoms with E-state index >= 15 is 0 Å². The van der Waals surface area contributed by atoms with Crippen molar-refractivity contribution >= 4 is 60.8 Å². The Morgan fingerprint density at radius 2 is 1.30 bits per heavy atom. The van der Waals surface area contributed by atoms with Gasteiger partial charge in [0.15, 0.2) is 0 Å². The topological polar surface area (TPSA) is 17.8 Å². The molecule has 2 aromatic heterocycles. The summed E-state index contributed by atoms with van der Waals surface area (Å²) in [7, 11) is 0. The first-order chi connectivity index (χ1) is 22.8. The summed E-state index contributed by atoms with van der Waals surface area (Å²) in [6.07, 6.45) is 6.79. The van der Waals surface area contributed by atoms with Crippen molar-refractivity contribution in [2.75, 3.05) is 0 Å². The summed E-state index contributed by atoms with van der Waals surface area (Å²) in [5, 5.41) is 6.16. The molecule has 0 saturated carbocycles. The van der Waals surface area contributed by atoms with Crippen molar-refractivity contribution in [3.05, 3.63) is 156 Å². The fraction of sp³-hybridized carbons (Fsp3) is 0.0465. The Kier molecular flexibility index (Phi) is 5.67. The molecule has 0 saturated heterocycles. The molecule has 1 aliphatic heterocycles. The number of pyridine rings is 1. The van der Waals surface area contributed by atoms with Crippen molar-refractivity contribution in [1.29, 1.82) is 0 Å². The predicted molar refractivity (Wildman–Crippen MR) is 196 cm³/mol. The average molecular weight is 605 g/mol. The lowest BCUT2D eigenvalue weighted by atomic mass is 9.91. The van der Waals surface area contributed by atoms with Gasteiger partial charge in [-0.1, -0.05) is 139 Å². The van der Waals surface area contributed by atoms with E-state index in [1.807, 2.05) is 11.8 Å². The molecule has 8 aromatic rings. The van der Waals surface area contributed by atoms with Crippen LogP contribution in [0.25, 0.3) is 77.1 Å². The molecule has 216 valence electrons. The maximum absolute atomic E-state index is 5.41. The second kappa shape index (κ2) is 10.1. The largest absolute Gasteiger partial charge is 0.293 e. The molecule has 1 aliphatic carbocycles. The maximum Gasteiger partial charge on any atom is 0.138 e.